The Kier molecular flexibility index (Phi) is 3.78. The first kappa shape index (κ1) is 13.9. The highest BCUT2D eigenvalue weighted by Crippen LogP contribution is 2.40. The molecular weight excluding hydrogens is 262 g/mol. The van der Waals surface area contributed by atoms with Crippen molar-refractivity contribution >= 4 is 5.82 Å². The lowest BCUT2D eigenvalue weighted by Gasteiger charge is -2.14. The summed E-state index contributed by atoms with van der Waals surface area (Å²) < 4.78 is 1.51. The van der Waals surface area contributed by atoms with Crippen molar-refractivity contribution < 1.29 is 0 Å². The first-order chi connectivity index (χ1) is 10.2. The third-order valence-corrected chi connectivity index (χ3v) is 4.35. The first-order valence-corrected chi connectivity index (χ1v) is 7.62. The molecule has 1 aromatic carbocycles. The quantitative estimate of drug-likeness (QED) is 0.918. The largest absolute Gasteiger partial charge is 0.383 e. The molecule has 1 aliphatic carbocycles. The molecule has 1 atom stereocenters. The average molecular weight is 283 g/mol. The predicted octanol–water partition coefficient (Wildman–Crippen LogP) is 2.79. The average Bonchev–Trinajstić information content (AvgIpc) is 3.30. The summed E-state index contributed by atoms with van der Waals surface area (Å²) in [7, 11) is 0. The third kappa shape index (κ3) is 3.15. The topological polar surface area (TPSA) is 60.9 Å². The van der Waals surface area contributed by atoms with E-state index < -0.39 is 0 Å². The summed E-state index contributed by atoms with van der Waals surface area (Å²) in [5, 5.41) is 0. The molecule has 21 heavy (non-hydrogen) atoms. The van der Waals surface area contributed by atoms with Gasteiger partial charge in [0, 0.05) is 6.20 Å². The predicted molar refractivity (Wildman–Crippen MR) is 84.5 cm³/mol. The highest BCUT2D eigenvalue weighted by Gasteiger charge is 2.29. The van der Waals surface area contributed by atoms with Crippen LogP contribution in [0, 0.1) is 11.8 Å². The van der Waals surface area contributed by atoms with E-state index in [2.05, 4.69) is 24.0 Å². The maximum atomic E-state index is 11.8. The zero-order valence-electron chi connectivity index (χ0n) is 12.3. The maximum Gasteiger partial charge on any atom is 0.354 e. The van der Waals surface area contributed by atoms with Gasteiger partial charge >= 0.3 is 5.69 Å². The molecule has 1 fully saturated rings. The van der Waals surface area contributed by atoms with Gasteiger partial charge in [-0.3, -0.25) is 4.57 Å². The van der Waals surface area contributed by atoms with E-state index in [4.69, 9.17) is 5.73 Å². The van der Waals surface area contributed by atoms with Crippen LogP contribution < -0.4 is 11.4 Å². The fourth-order valence-electron chi connectivity index (χ4n) is 2.92. The molecule has 0 radical (unpaired) electrons. The van der Waals surface area contributed by atoms with Gasteiger partial charge in [0.1, 0.15) is 5.82 Å². The van der Waals surface area contributed by atoms with E-state index in [9.17, 15) is 4.79 Å². The lowest BCUT2D eigenvalue weighted by Crippen LogP contribution is -2.21. The number of anilines is 1. The van der Waals surface area contributed by atoms with Crippen molar-refractivity contribution in [1.29, 1.82) is 0 Å². The molecule has 0 aliphatic heterocycles. The number of aromatic nitrogens is 2. The minimum absolute atomic E-state index is 0.253. The molecule has 1 heterocycles. The molecule has 2 N–H and O–H groups in total. The number of hydrogen-bond donors (Lipinski definition) is 1. The minimum atomic E-state index is -0.341. The van der Waals surface area contributed by atoms with Crippen molar-refractivity contribution in [2.45, 2.75) is 32.6 Å². The van der Waals surface area contributed by atoms with Crippen molar-refractivity contribution in [1.82, 2.24) is 9.55 Å². The summed E-state index contributed by atoms with van der Waals surface area (Å²) >= 11 is 0. The lowest BCUT2D eigenvalue weighted by atomic mass is 9.92. The van der Waals surface area contributed by atoms with Gasteiger partial charge in [-0.2, -0.15) is 4.98 Å². The number of nitrogens with zero attached hydrogens (tertiary/aromatic N) is 2. The van der Waals surface area contributed by atoms with Crippen LogP contribution >= 0.6 is 0 Å². The molecule has 1 saturated carbocycles. The van der Waals surface area contributed by atoms with Crippen LogP contribution in [0.3, 0.4) is 0 Å². The smallest absolute Gasteiger partial charge is 0.354 e. The van der Waals surface area contributed by atoms with Crippen LogP contribution in [0.2, 0.25) is 0 Å². The number of nitrogens with two attached hydrogens (primary N) is 1. The fraction of sp³-hybridized carbons (Fsp3) is 0.412. The fourth-order valence-corrected chi connectivity index (χ4v) is 2.92. The van der Waals surface area contributed by atoms with Gasteiger partial charge in [-0.05, 0) is 54.9 Å². The van der Waals surface area contributed by atoms with Gasteiger partial charge in [0.2, 0.25) is 0 Å². The number of benzene rings is 1. The van der Waals surface area contributed by atoms with Crippen molar-refractivity contribution in [3.8, 4) is 5.69 Å². The number of nitrogen functional groups attached to an aromatic ring is 1. The zero-order chi connectivity index (χ0) is 14.8. The van der Waals surface area contributed by atoms with Crippen LogP contribution in [0.25, 0.3) is 5.69 Å². The Labute approximate surface area is 124 Å². The van der Waals surface area contributed by atoms with E-state index in [0.717, 1.165) is 23.9 Å². The Morgan fingerprint density at radius 3 is 2.57 bits per heavy atom. The molecule has 3 rings (SSSR count). The summed E-state index contributed by atoms with van der Waals surface area (Å²) in [5.41, 5.74) is 7.34. The van der Waals surface area contributed by atoms with Crippen molar-refractivity contribution in [2.24, 2.45) is 11.8 Å². The molecule has 4 heteroatoms. The third-order valence-electron chi connectivity index (χ3n) is 4.35. The molecule has 0 saturated heterocycles. The van der Waals surface area contributed by atoms with E-state index in [-0.39, 0.29) is 11.5 Å². The van der Waals surface area contributed by atoms with Crippen molar-refractivity contribution in [2.75, 3.05) is 5.73 Å². The minimum Gasteiger partial charge on any atom is -0.383 e. The summed E-state index contributed by atoms with van der Waals surface area (Å²) in [6, 6.07) is 9.82. The lowest BCUT2D eigenvalue weighted by molar-refractivity contribution is 0.445. The van der Waals surface area contributed by atoms with Crippen LogP contribution in [0.4, 0.5) is 5.82 Å². The summed E-state index contributed by atoms with van der Waals surface area (Å²) in [6.45, 7) is 2.27. The van der Waals surface area contributed by atoms with E-state index in [1.54, 1.807) is 12.3 Å². The molecular formula is C17H21N3O. The Morgan fingerprint density at radius 1 is 1.29 bits per heavy atom. The molecule has 0 amide bonds. The van der Waals surface area contributed by atoms with E-state index in [1.165, 1.54) is 29.4 Å². The molecule has 0 bridgehead atoms. The zero-order valence-corrected chi connectivity index (χ0v) is 12.3. The Hall–Kier alpha value is -2.10. The molecule has 4 nitrogen and oxygen atoms in total. The second-order valence-corrected chi connectivity index (χ2v) is 5.88. The second-order valence-electron chi connectivity index (χ2n) is 5.88. The van der Waals surface area contributed by atoms with Crippen LogP contribution in [-0.4, -0.2) is 9.55 Å². The van der Waals surface area contributed by atoms with Crippen LogP contribution in [0.5, 0.6) is 0 Å². The van der Waals surface area contributed by atoms with E-state index in [1.807, 2.05) is 12.1 Å². The SMILES string of the molecule is CCC(Cc1ccc(-n2ccc(N)nc2=O)cc1)C1CC1. The monoisotopic (exact) mass is 283 g/mol. The summed E-state index contributed by atoms with van der Waals surface area (Å²) in [6.07, 6.45) is 6.83. The van der Waals surface area contributed by atoms with Gasteiger partial charge in [0.15, 0.2) is 0 Å². The normalized spacial score (nSPS) is 15.9. The summed E-state index contributed by atoms with van der Waals surface area (Å²) in [5.74, 6) is 1.98. The van der Waals surface area contributed by atoms with Gasteiger partial charge in [-0.15, -0.1) is 0 Å². The van der Waals surface area contributed by atoms with E-state index in [0.29, 0.717) is 0 Å². The second kappa shape index (κ2) is 5.72. The molecule has 0 spiro atoms. The standard InChI is InChI=1S/C17H21N3O/c1-2-13(14-5-6-14)11-12-3-7-15(8-4-12)20-10-9-16(18)19-17(20)21/h3-4,7-10,13-14H,2,5-6,11H2,1H3,(H2,18,19,21). The molecule has 2 aromatic rings. The van der Waals surface area contributed by atoms with Crippen LogP contribution in [0.15, 0.2) is 41.3 Å². The Bertz CT molecular complexity index is 671. The van der Waals surface area contributed by atoms with Gasteiger partial charge < -0.3 is 5.73 Å². The van der Waals surface area contributed by atoms with Crippen molar-refractivity contribution in [3.63, 3.8) is 0 Å². The van der Waals surface area contributed by atoms with Crippen molar-refractivity contribution in [3.05, 3.63) is 52.6 Å². The Balaban J connectivity index is 1.78. The molecule has 110 valence electrons. The molecule has 1 aliphatic rings. The van der Waals surface area contributed by atoms with Crippen LogP contribution in [-0.2, 0) is 6.42 Å². The van der Waals surface area contributed by atoms with Crippen LogP contribution in [0.1, 0.15) is 31.7 Å². The maximum absolute atomic E-state index is 11.8. The molecule has 1 unspecified atom stereocenters. The summed E-state index contributed by atoms with van der Waals surface area (Å²) in [4.78, 5) is 15.6. The highest BCUT2D eigenvalue weighted by molar-refractivity contribution is 5.36. The van der Waals surface area contributed by atoms with Gasteiger partial charge in [0.05, 0.1) is 5.69 Å². The Morgan fingerprint density at radius 2 is 2.00 bits per heavy atom. The first-order valence-electron chi connectivity index (χ1n) is 7.62. The highest BCUT2D eigenvalue weighted by atomic mass is 16.1. The van der Waals surface area contributed by atoms with E-state index >= 15 is 0 Å². The number of rotatable bonds is 5. The van der Waals surface area contributed by atoms with Gasteiger partial charge in [0.25, 0.3) is 0 Å². The van der Waals surface area contributed by atoms with Gasteiger partial charge in [-0.25, -0.2) is 4.79 Å². The molecule has 1 aromatic heterocycles. The van der Waals surface area contributed by atoms with Gasteiger partial charge in [-0.1, -0.05) is 25.5 Å². The number of hydrogen-bond acceptors (Lipinski definition) is 3.